The number of para-hydroxylation sites is 1. The van der Waals surface area contributed by atoms with E-state index in [2.05, 4.69) is 15.6 Å². The van der Waals surface area contributed by atoms with Gasteiger partial charge < -0.3 is 15.4 Å². The fourth-order valence-corrected chi connectivity index (χ4v) is 3.46. The van der Waals surface area contributed by atoms with E-state index in [-0.39, 0.29) is 18.2 Å². The van der Waals surface area contributed by atoms with Crippen molar-refractivity contribution < 1.29 is 14.3 Å². The molecule has 1 heterocycles. The van der Waals surface area contributed by atoms with E-state index in [1.54, 1.807) is 49.6 Å². The Morgan fingerprint density at radius 3 is 2.69 bits per heavy atom. The molecule has 1 saturated heterocycles. The van der Waals surface area contributed by atoms with E-state index in [1.807, 2.05) is 6.07 Å². The molecule has 3 rings (SSSR count). The molecule has 2 aromatic rings. The smallest absolute Gasteiger partial charge is 0.240 e. The predicted molar refractivity (Wildman–Crippen MR) is 104 cm³/mol. The van der Waals surface area contributed by atoms with Crippen LogP contribution in [0.25, 0.3) is 0 Å². The van der Waals surface area contributed by atoms with E-state index in [9.17, 15) is 9.59 Å². The zero-order chi connectivity index (χ0) is 18.5. The van der Waals surface area contributed by atoms with Gasteiger partial charge in [0.25, 0.3) is 0 Å². The molecule has 0 bridgehead atoms. The summed E-state index contributed by atoms with van der Waals surface area (Å²) in [5, 5.41) is 5.85. The number of hydrogen-bond donors (Lipinski definition) is 2. The Hall–Kier alpha value is -2.51. The minimum Gasteiger partial charge on any atom is -0.497 e. The molecule has 0 radical (unpaired) electrons. The second-order valence-corrected chi connectivity index (χ2v) is 7.04. The average Bonchev–Trinajstić information content (AvgIpc) is 2.96. The molecule has 134 valence electrons. The van der Waals surface area contributed by atoms with Crippen LogP contribution in [0.1, 0.15) is 6.42 Å². The van der Waals surface area contributed by atoms with Gasteiger partial charge in [-0.3, -0.25) is 9.59 Å². The average molecular weight is 390 g/mol. The van der Waals surface area contributed by atoms with Gasteiger partial charge in [0.05, 0.1) is 17.8 Å². The minimum atomic E-state index is -0.533. The first-order chi connectivity index (χ1) is 12.5. The van der Waals surface area contributed by atoms with Gasteiger partial charge in [0.1, 0.15) is 11.0 Å². The topological polar surface area (TPSA) is 79.8 Å². The number of carbonyl (C=O) groups excluding carboxylic acids is 2. The molecule has 1 atom stereocenters. The lowest BCUT2D eigenvalue weighted by Gasteiger charge is -2.08. The van der Waals surface area contributed by atoms with E-state index in [0.717, 1.165) is 0 Å². The maximum atomic E-state index is 12.2. The standard InChI is InChI=1S/C18H16ClN3O3S/c1-25-12-8-6-11(7-9-12)20-16(23)10-15-17(24)22-18(26-15)21-14-5-3-2-4-13(14)19/h2-9,15H,10H2,1H3,(H,20,23)(H,21,22,24)/t15-/m1/s1. The highest BCUT2D eigenvalue weighted by Crippen LogP contribution is 2.29. The van der Waals surface area contributed by atoms with Crippen molar-refractivity contribution in [2.45, 2.75) is 11.7 Å². The number of thioether (sulfide) groups is 1. The van der Waals surface area contributed by atoms with Crippen LogP contribution in [0.3, 0.4) is 0 Å². The van der Waals surface area contributed by atoms with Crippen LogP contribution >= 0.6 is 23.4 Å². The number of halogens is 1. The summed E-state index contributed by atoms with van der Waals surface area (Å²) >= 11 is 7.29. The van der Waals surface area contributed by atoms with Crippen LogP contribution in [-0.2, 0) is 9.59 Å². The summed E-state index contributed by atoms with van der Waals surface area (Å²) in [5.41, 5.74) is 1.21. The fourth-order valence-electron chi connectivity index (χ4n) is 2.30. The zero-order valence-electron chi connectivity index (χ0n) is 13.9. The Morgan fingerprint density at radius 1 is 1.27 bits per heavy atom. The van der Waals surface area contributed by atoms with Crippen molar-refractivity contribution in [2.75, 3.05) is 12.4 Å². The number of carbonyl (C=O) groups is 2. The molecule has 1 aliphatic rings. The molecule has 0 saturated carbocycles. The summed E-state index contributed by atoms with van der Waals surface area (Å²) in [6.07, 6.45) is 0.0457. The van der Waals surface area contributed by atoms with Crippen molar-refractivity contribution in [3.8, 4) is 5.75 Å². The lowest BCUT2D eigenvalue weighted by Crippen LogP contribution is -2.28. The Kier molecular flexibility index (Phi) is 5.80. The van der Waals surface area contributed by atoms with Crippen LogP contribution in [0.5, 0.6) is 5.75 Å². The molecule has 0 unspecified atom stereocenters. The summed E-state index contributed by atoms with van der Waals surface area (Å²) in [6.45, 7) is 0. The molecular formula is C18H16ClN3O3S. The zero-order valence-corrected chi connectivity index (χ0v) is 15.4. The fraction of sp³-hybridized carbons (Fsp3) is 0.167. The van der Waals surface area contributed by atoms with E-state index >= 15 is 0 Å². The van der Waals surface area contributed by atoms with E-state index in [1.165, 1.54) is 11.8 Å². The summed E-state index contributed by atoms with van der Waals surface area (Å²) in [7, 11) is 1.57. The summed E-state index contributed by atoms with van der Waals surface area (Å²) < 4.78 is 5.07. The number of amidine groups is 1. The van der Waals surface area contributed by atoms with Crippen molar-refractivity contribution in [2.24, 2.45) is 4.99 Å². The third kappa shape index (κ3) is 4.56. The van der Waals surface area contributed by atoms with Gasteiger partial charge in [-0.2, -0.15) is 0 Å². The quantitative estimate of drug-likeness (QED) is 0.818. The number of benzene rings is 2. The Morgan fingerprint density at radius 2 is 2.00 bits per heavy atom. The van der Waals surface area contributed by atoms with E-state index < -0.39 is 5.25 Å². The minimum absolute atomic E-state index is 0.0457. The van der Waals surface area contributed by atoms with Crippen LogP contribution < -0.4 is 15.4 Å². The van der Waals surface area contributed by atoms with Crippen LogP contribution in [0, 0.1) is 0 Å². The monoisotopic (exact) mass is 389 g/mol. The third-order valence-corrected chi connectivity index (χ3v) is 5.00. The first kappa shape index (κ1) is 18.3. The summed E-state index contributed by atoms with van der Waals surface area (Å²) in [5.74, 6) is 0.210. The third-order valence-electron chi connectivity index (χ3n) is 3.60. The van der Waals surface area contributed by atoms with Gasteiger partial charge >= 0.3 is 0 Å². The lowest BCUT2D eigenvalue weighted by atomic mass is 10.2. The Balaban J connectivity index is 1.60. The van der Waals surface area contributed by atoms with Crippen molar-refractivity contribution in [1.82, 2.24) is 5.32 Å². The van der Waals surface area contributed by atoms with Gasteiger partial charge in [0.2, 0.25) is 11.8 Å². The van der Waals surface area contributed by atoms with Crippen molar-refractivity contribution in [3.05, 3.63) is 53.6 Å². The van der Waals surface area contributed by atoms with Gasteiger partial charge in [-0.15, -0.1) is 0 Å². The highest BCUT2D eigenvalue weighted by molar-refractivity contribution is 8.15. The Labute approximate surface area is 160 Å². The van der Waals surface area contributed by atoms with Crippen molar-refractivity contribution in [1.29, 1.82) is 0 Å². The van der Waals surface area contributed by atoms with Crippen LogP contribution in [0.2, 0.25) is 5.02 Å². The highest BCUT2D eigenvalue weighted by Gasteiger charge is 2.32. The number of amides is 2. The van der Waals surface area contributed by atoms with Crippen LogP contribution in [0.15, 0.2) is 53.5 Å². The van der Waals surface area contributed by atoms with Gasteiger partial charge in [-0.1, -0.05) is 35.5 Å². The number of anilines is 1. The molecule has 0 spiro atoms. The number of aliphatic imine (C=N–C) groups is 1. The first-order valence-electron chi connectivity index (χ1n) is 7.80. The molecule has 1 fully saturated rings. The largest absolute Gasteiger partial charge is 0.497 e. The molecule has 0 aromatic heterocycles. The van der Waals surface area contributed by atoms with Crippen LogP contribution in [0.4, 0.5) is 11.4 Å². The summed E-state index contributed by atoms with van der Waals surface area (Å²) in [6, 6.07) is 14.1. The van der Waals surface area contributed by atoms with Crippen molar-refractivity contribution in [3.63, 3.8) is 0 Å². The number of ether oxygens (including phenoxy) is 1. The molecule has 0 aliphatic carbocycles. The molecule has 2 N–H and O–H groups in total. The van der Waals surface area contributed by atoms with E-state index in [0.29, 0.717) is 27.3 Å². The van der Waals surface area contributed by atoms with Gasteiger partial charge in [0, 0.05) is 12.1 Å². The SMILES string of the molecule is COc1ccc(NC(=O)C[C@H]2SC(=Nc3ccccc3Cl)NC2=O)cc1. The number of methoxy groups -OCH3 is 1. The Bertz CT molecular complexity index is 855. The molecule has 8 heteroatoms. The maximum Gasteiger partial charge on any atom is 0.240 e. The second-order valence-electron chi connectivity index (χ2n) is 5.44. The molecule has 2 aromatic carbocycles. The van der Waals surface area contributed by atoms with E-state index in [4.69, 9.17) is 16.3 Å². The predicted octanol–water partition coefficient (Wildman–Crippen LogP) is 3.60. The molecule has 6 nitrogen and oxygen atoms in total. The molecular weight excluding hydrogens is 374 g/mol. The number of rotatable bonds is 5. The van der Waals surface area contributed by atoms with Gasteiger partial charge in [0.15, 0.2) is 5.17 Å². The van der Waals surface area contributed by atoms with Gasteiger partial charge in [-0.25, -0.2) is 4.99 Å². The lowest BCUT2D eigenvalue weighted by molar-refractivity contribution is -0.122. The maximum absolute atomic E-state index is 12.2. The molecule has 26 heavy (non-hydrogen) atoms. The van der Waals surface area contributed by atoms with Crippen LogP contribution in [-0.4, -0.2) is 29.3 Å². The molecule has 1 aliphatic heterocycles. The first-order valence-corrected chi connectivity index (χ1v) is 9.05. The number of nitrogens with zero attached hydrogens (tertiary/aromatic N) is 1. The van der Waals surface area contributed by atoms with Crippen molar-refractivity contribution >= 4 is 51.7 Å². The number of nitrogens with one attached hydrogen (secondary N) is 2. The highest BCUT2D eigenvalue weighted by atomic mass is 35.5. The number of hydrogen-bond acceptors (Lipinski definition) is 5. The van der Waals surface area contributed by atoms with Gasteiger partial charge in [-0.05, 0) is 36.4 Å². The molecule has 2 amide bonds. The second kappa shape index (κ2) is 8.25. The normalized spacial score (nSPS) is 17.8. The summed E-state index contributed by atoms with van der Waals surface area (Å²) in [4.78, 5) is 28.6.